The predicted molar refractivity (Wildman–Crippen MR) is 52.1 cm³/mol. The van der Waals surface area contributed by atoms with Crippen molar-refractivity contribution in [2.24, 2.45) is 0 Å². The zero-order valence-corrected chi connectivity index (χ0v) is 8.08. The van der Waals surface area contributed by atoms with Gasteiger partial charge in [0.15, 0.2) is 0 Å². The van der Waals surface area contributed by atoms with Gasteiger partial charge < -0.3 is 5.43 Å². The maximum atomic E-state index is 3.70. The van der Waals surface area contributed by atoms with E-state index in [1.165, 1.54) is 10.4 Å². The molecule has 2 aromatic rings. The minimum absolute atomic E-state index is 0.821. The first-order valence-electron chi connectivity index (χ1n) is 3.98. The second-order valence-corrected chi connectivity index (χ2v) is 3.73. The number of aromatic nitrogens is 3. The normalized spacial score (nSPS) is 10.2. The molecule has 0 radical (unpaired) electrons. The van der Waals surface area contributed by atoms with E-state index < -0.39 is 0 Å². The van der Waals surface area contributed by atoms with Crippen molar-refractivity contribution in [1.29, 1.82) is 0 Å². The highest BCUT2D eigenvalue weighted by Gasteiger charge is 1.98. The molecule has 0 saturated carbocycles. The van der Waals surface area contributed by atoms with Gasteiger partial charge in [0.2, 0.25) is 0 Å². The molecule has 2 aromatic heterocycles. The van der Waals surface area contributed by atoms with Crippen molar-refractivity contribution in [3.63, 3.8) is 0 Å². The molecular weight excluding hydrogens is 184 g/mol. The average molecular weight is 194 g/mol. The third kappa shape index (κ3) is 1.86. The summed E-state index contributed by atoms with van der Waals surface area (Å²) >= 11 is 1.75. The summed E-state index contributed by atoms with van der Waals surface area (Å²) in [6.07, 6.45) is 3.28. The molecule has 0 fully saturated rings. The van der Waals surface area contributed by atoms with Gasteiger partial charge in [-0.05, 0) is 23.9 Å². The molecule has 0 aromatic carbocycles. The summed E-state index contributed by atoms with van der Waals surface area (Å²) in [7, 11) is 0. The minimum Gasteiger partial charge on any atom is -0.318 e. The summed E-state index contributed by atoms with van der Waals surface area (Å²) < 4.78 is 1.75. The van der Waals surface area contributed by atoms with Crippen LogP contribution in [0.15, 0.2) is 24.1 Å². The number of thiophene rings is 1. The van der Waals surface area contributed by atoms with Crippen LogP contribution in [0.25, 0.3) is 0 Å². The molecule has 0 unspecified atom stereocenters. The van der Waals surface area contributed by atoms with Crippen molar-refractivity contribution in [1.82, 2.24) is 14.9 Å². The molecule has 0 spiro atoms. The molecular formula is C8H10N4S. The Morgan fingerprint density at radius 2 is 2.23 bits per heavy atom. The Morgan fingerprint density at radius 3 is 2.85 bits per heavy atom. The van der Waals surface area contributed by atoms with E-state index in [4.69, 9.17) is 0 Å². The lowest BCUT2D eigenvalue weighted by atomic mass is 10.3. The summed E-state index contributed by atoms with van der Waals surface area (Å²) in [4.78, 5) is 1.34. The van der Waals surface area contributed by atoms with Crippen molar-refractivity contribution >= 4 is 11.3 Å². The number of nitrogens with zero attached hydrogens (tertiary/aromatic N) is 3. The second-order valence-electron chi connectivity index (χ2n) is 2.73. The third-order valence-corrected chi connectivity index (χ3v) is 2.83. The number of hydrogen-bond donors (Lipinski definition) is 1. The van der Waals surface area contributed by atoms with Crippen LogP contribution in [0.5, 0.6) is 0 Å². The Bertz CT molecular complexity index is 365. The lowest BCUT2D eigenvalue weighted by Gasteiger charge is -2.04. The van der Waals surface area contributed by atoms with Gasteiger partial charge in [-0.25, -0.2) is 4.68 Å². The topological polar surface area (TPSA) is 42.7 Å². The van der Waals surface area contributed by atoms with Crippen molar-refractivity contribution in [3.8, 4) is 0 Å². The summed E-state index contributed by atoms with van der Waals surface area (Å²) in [6, 6.07) is 2.12. The van der Waals surface area contributed by atoms with Crippen LogP contribution in [-0.2, 0) is 6.54 Å². The molecule has 5 heteroatoms. The number of nitrogens with one attached hydrogen (secondary N) is 1. The van der Waals surface area contributed by atoms with E-state index in [1.807, 2.05) is 0 Å². The molecule has 1 N–H and O–H groups in total. The summed E-state index contributed by atoms with van der Waals surface area (Å²) in [5.74, 6) is 0. The molecule has 0 aliphatic carbocycles. The van der Waals surface area contributed by atoms with Gasteiger partial charge in [-0.2, -0.15) is 0 Å². The smallest absolute Gasteiger partial charge is 0.138 e. The largest absolute Gasteiger partial charge is 0.318 e. The highest BCUT2D eigenvalue weighted by Crippen LogP contribution is 2.14. The van der Waals surface area contributed by atoms with Crippen LogP contribution in [0.4, 0.5) is 0 Å². The average Bonchev–Trinajstić information content (AvgIpc) is 2.72. The summed E-state index contributed by atoms with van der Waals surface area (Å²) in [5, 5.41) is 9.49. The molecule has 4 nitrogen and oxygen atoms in total. The van der Waals surface area contributed by atoms with Gasteiger partial charge in [-0.1, -0.05) is 0 Å². The van der Waals surface area contributed by atoms with Crippen LogP contribution in [-0.4, -0.2) is 14.9 Å². The van der Waals surface area contributed by atoms with Gasteiger partial charge in [0.05, 0.1) is 6.54 Å². The maximum absolute atomic E-state index is 3.70. The molecule has 0 saturated heterocycles. The Balaban J connectivity index is 1.97. The van der Waals surface area contributed by atoms with E-state index in [0.717, 1.165) is 6.54 Å². The number of aryl methyl sites for hydroxylation is 1. The number of hydrogen-bond acceptors (Lipinski definition) is 4. The molecule has 2 heterocycles. The van der Waals surface area contributed by atoms with Crippen molar-refractivity contribution < 1.29 is 0 Å². The first-order valence-corrected chi connectivity index (χ1v) is 4.85. The van der Waals surface area contributed by atoms with Gasteiger partial charge in [0.25, 0.3) is 0 Å². The van der Waals surface area contributed by atoms with Gasteiger partial charge in [0, 0.05) is 4.88 Å². The van der Waals surface area contributed by atoms with Crippen LogP contribution in [0.3, 0.4) is 0 Å². The Morgan fingerprint density at radius 1 is 1.46 bits per heavy atom. The van der Waals surface area contributed by atoms with Crippen LogP contribution in [0, 0.1) is 6.92 Å². The second kappa shape index (κ2) is 3.57. The van der Waals surface area contributed by atoms with E-state index in [9.17, 15) is 0 Å². The molecule has 0 bridgehead atoms. The molecule has 68 valence electrons. The summed E-state index contributed by atoms with van der Waals surface area (Å²) in [5.41, 5.74) is 4.49. The van der Waals surface area contributed by atoms with Gasteiger partial charge >= 0.3 is 0 Å². The molecule has 0 aliphatic heterocycles. The zero-order valence-electron chi connectivity index (χ0n) is 7.27. The Labute approximate surface area is 80.2 Å². The van der Waals surface area contributed by atoms with Gasteiger partial charge in [-0.3, -0.25) is 0 Å². The van der Waals surface area contributed by atoms with Crippen molar-refractivity contribution in [2.75, 3.05) is 5.43 Å². The SMILES string of the molecule is Cc1ccsc1CNn1cnnc1. The molecule has 2 rings (SSSR count). The first-order chi connectivity index (χ1) is 6.36. The number of rotatable bonds is 3. The predicted octanol–water partition coefficient (Wildman–Crippen LogP) is 1.39. The Kier molecular flexibility index (Phi) is 2.27. The van der Waals surface area contributed by atoms with Crippen LogP contribution in [0.1, 0.15) is 10.4 Å². The monoisotopic (exact) mass is 194 g/mol. The molecule has 0 amide bonds. The fourth-order valence-electron chi connectivity index (χ4n) is 1.03. The molecule has 0 atom stereocenters. The standard InChI is InChI=1S/C8H10N4S/c1-7-2-3-13-8(7)4-11-12-5-9-10-6-12/h2-3,5-6,11H,4H2,1H3. The first kappa shape index (κ1) is 8.25. The van der Waals surface area contributed by atoms with E-state index >= 15 is 0 Å². The quantitative estimate of drug-likeness (QED) is 0.803. The van der Waals surface area contributed by atoms with E-state index in [1.54, 1.807) is 28.7 Å². The van der Waals surface area contributed by atoms with E-state index in [-0.39, 0.29) is 0 Å². The van der Waals surface area contributed by atoms with E-state index in [0.29, 0.717) is 0 Å². The lowest BCUT2D eigenvalue weighted by Crippen LogP contribution is -2.11. The van der Waals surface area contributed by atoms with Crippen LogP contribution < -0.4 is 5.43 Å². The molecule has 13 heavy (non-hydrogen) atoms. The highest BCUT2D eigenvalue weighted by atomic mass is 32.1. The van der Waals surface area contributed by atoms with Crippen molar-refractivity contribution in [3.05, 3.63) is 34.5 Å². The lowest BCUT2D eigenvalue weighted by molar-refractivity contribution is 0.841. The fourth-order valence-corrected chi connectivity index (χ4v) is 1.87. The minimum atomic E-state index is 0.821. The zero-order chi connectivity index (χ0) is 9.10. The van der Waals surface area contributed by atoms with Crippen LogP contribution >= 0.6 is 11.3 Å². The highest BCUT2D eigenvalue weighted by molar-refractivity contribution is 7.10. The maximum Gasteiger partial charge on any atom is 0.138 e. The fraction of sp³-hybridized carbons (Fsp3) is 0.250. The van der Waals surface area contributed by atoms with Crippen molar-refractivity contribution in [2.45, 2.75) is 13.5 Å². The Hall–Kier alpha value is -1.36. The summed E-state index contributed by atoms with van der Waals surface area (Å²) in [6.45, 7) is 2.93. The third-order valence-electron chi connectivity index (χ3n) is 1.81. The van der Waals surface area contributed by atoms with Gasteiger partial charge in [0.1, 0.15) is 12.7 Å². The molecule has 0 aliphatic rings. The van der Waals surface area contributed by atoms with Gasteiger partial charge in [-0.15, -0.1) is 21.5 Å². The van der Waals surface area contributed by atoms with Crippen LogP contribution in [0.2, 0.25) is 0 Å². The van der Waals surface area contributed by atoms with E-state index in [2.05, 4.69) is 34.0 Å².